The Morgan fingerprint density at radius 2 is 2.05 bits per heavy atom. The summed E-state index contributed by atoms with van der Waals surface area (Å²) < 4.78 is 0.521. The van der Waals surface area contributed by atoms with Crippen LogP contribution in [0, 0.1) is 21.2 Å². The van der Waals surface area contributed by atoms with Crippen molar-refractivity contribution >= 4 is 5.78 Å². The fourth-order valence-corrected chi connectivity index (χ4v) is 2.51. The zero-order valence-corrected chi connectivity index (χ0v) is 13.2. The van der Waals surface area contributed by atoms with Crippen molar-refractivity contribution in [3.63, 3.8) is 0 Å². The maximum atomic E-state index is 12.2. The van der Waals surface area contributed by atoms with Crippen molar-refractivity contribution in [2.24, 2.45) is 5.92 Å². The summed E-state index contributed by atoms with van der Waals surface area (Å²) in [7, 11) is 0. The molecule has 6 heteroatoms. The summed E-state index contributed by atoms with van der Waals surface area (Å²) in [4.78, 5) is 23.0. The fourth-order valence-electron chi connectivity index (χ4n) is 2.51. The Balaban J connectivity index is 2.72. The molecular formula is C16H24N2O4. The monoisotopic (exact) mass is 308 g/mol. The van der Waals surface area contributed by atoms with E-state index in [1.165, 1.54) is 19.2 Å². The number of aromatic nitrogens is 1. The standard InChI is InChI=1S/C16H24N2O4/c1-3-4-5-6-9-14(13(2)18(21)22)12-16(19)15-10-7-8-11-17(15)20/h7-8,10-11,13-14H,3-6,9,12H2,1-2H3/t13-,14+/m1/s1. The van der Waals surface area contributed by atoms with Crippen LogP contribution in [0.25, 0.3) is 0 Å². The highest BCUT2D eigenvalue weighted by Crippen LogP contribution is 2.21. The van der Waals surface area contributed by atoms with E-state index in [1.54, 1.807) is 12.1 Å². The van der Waals surface area contributed by atoms with Gasteiger partial charge in [0, 0.05) is 36.3 Å². The van der Waals surface area contributed by atoms with Crippen molar-refractivity contribution in [3.8, 4) is 0 Å². The van der Waals surface area contributed by atoms with Crippen LogP contribution in [0.4, 0.5) is 0 Å². The Hall–Kier alpha value is -1.98. The summed E-state index contributed by atoms with van der Waals surface area (Å²) in [6, 6.07) is 3.84. The summed E-state index contributed by atoms with van der Waals surface area (Å²) in [5, 5.41) is 22.6. The summed E-state index contributed by atoms with van der Waals surface area (Å²) in [5.74, 6) is -0.663. The van der Waals surface area contributed by atoms with Crippen LogP contribution < -0.4 is 4.73 Å². The molecule has 122 valence electrons. The fraction of sp³-hybridized carbons (Fsp3) is 0.625. The first kappa shape index (κ1) is 18.1. The first-order valence-corrected chi connectivity index (χ1v) is 7.82. The number of nitro groups is 1. The Labute approximate surface area is 130 Å². The number of ketones is 1. The number of carbonyl (C=O) groups excluding carboxylic acids is 1. The number of Topliss-reactive ketones (excluding diaryl/α,β-unsaturated/α-hetero) is 1. The third-order valence-electron chi connectivity index (χ3n) is 4.00. The topological polar surface area (TPSA) is 87.2 Å². The summed E-state index contributed by atoms with van der Waals surface area (Å²) >= 11 is 0. The van der Waals surface area contributed by atoms with Gasteiger partial charge in [0.1, 0.15) is 0 Å². The van der Waals surface area contributed by atoms with E-state index in [-0.39, 0.29) is 28.7 Å². The molecule has 1 aromatic rings. The van der Waals surface area contributed by atoms with Gasteiger partial charge < -0.3 is 5.21 Å². The average molecular weight is 308 g/mol. The number of carbonyl (C=O) groups is 1. The Bertz CT molecular complexity index is 505. The highest BCUT2D eigenvalue weighted by Gasteiger charge is 2.30. The van der Waals surface area contributed by atoms with Crippen molar-refractivity contribution in [1.29, 1.82) is 0 Å². The average Bonchev–Trinajstić information content (AvgIpc) is 2.49. The molecule has 0 aliphatic heterocycles. The number of rotatable bonds is 10. The molecule has 1 heterocycles. The molecule has 0 unspecified atom stereocenters. The van der Waals surface area contributed by atoms with E-state index in [4.69, 9.17) is 0 Å². The van der Waals surface area contributed by atoms with Gasteiger partial charge in [-0.25, -0.2) is 0 Å². The largest absolute Gasteiger partial charge is 0.618 e. The zero-order chi connectivity index (χ0) is 16.5. The molecule has 0 fully saturated rings. The molecule has 0 bridgehead atoms. The molecule has 0 aromatic carbocycles. The van der Waals surface area contributed by atoms with Crippen molar-refractivity contribution in [3.05, 3.63) is 45.4 Å². The normalized spacial score (nSPS) is 13.5. The maximum Gasteiger partial charge on any atom is 0.259 e. The third kappa shape index (κ3) is 5.42. The molecule has 0 aliphatic carbocycles. The van der Waals surface area contributed by atoms with Crippen LogP contribution in [0.3, 0.4) is 0 Å². The number of hydrogen-bond donors (Lipinski definition) is 0. The lowest BCUT2D eigenvalue weighted by molar-refractivity contribution is -0.607. The van der Waals surface area contributed by atoms with Gasteiger partial charge in [0.05, 0.1) is 0 Å². The highest BCUT2D eigenvalue weighted by molar-refractivity contribution is 5.93. The van der Waals surface area contributed by atoms with Crippen molar-refractivity contribution < 1.29 is 14.4 Å². The first-order valence-electron chi connectivity index (χ1n) is 7.82. The van der Waals surface area contributed by atoms with E-state index in [1.807, 2.05) is 0 Å². The van der Waals surface area contributed by atoms with Gasteiger partial charge in [0.2, 0.25) is 11.8 Å². The van der Waals surface area contributed by atoms with Gasteiger partial charge >= 0.3 is 0 Å². The zero-order valence-electron chi connectivity index (χ0n) is 13.2. The summed E-state index contributed by atoms with van der Waals surface area (Å²) in [5.41, 5.74) is 0.0524. The van der Waals surface area contributed by atoms with E-state index in [0.29, 0.717) is 11.2 Å². The Kier molecular flexibility index (Phi) is 7.49. The molecule has 0 aliphatic rings. The molecule has 0 N–H and O–H groups in total. The molecule has 1 aromatic heterocycles. The van der Waals surface area contributed by atoms with E-state index in [9.17, 15) is 20.1 Å². The molecule has 0 radical (unpaired) electrons. The number of unbranched alkanes of at least 4 members (excludes halogenated alkanes) is 3. The maximum absolute atomic E-state index is 12.2. The molecule has 22 heavy (non-hydrogen) atoms. The first-order chi connectivity index (χ1) is 10.5. The van der Waals surface area contributed by atoms with Crippen molar-refractivity contribution in [2.75, 3.05) is 0 Å². The SMILES string of the molecule is CCCCCC[C@@H](CC(=O)c1cccc[n+]1[O-])[C@@H](C)[N+](=O)[O-]. The smallest absolute Gasteiger partial charge is 0.259 e. The van der Waals surface area contributed by atoms with Crippen LogP contribution in [0.2, 0.25) is 0 Å². The molecule has 1 rings (SSSR count). The second kappa shape index (κ2) is 9.12. The molecule has 0 spiro atoms. The molecular weight excluding hydrogens is 284 g/mol. The van der Waals surface area contributed by atoms with Gasteiger partial charge in [-0.05, 0) is 12.5 Å². The summed E-state index contributed by atoms with van der Waals surface area (Å²) in [6.07, 6.45) is 6.01. The minimum Gasteiger partial charge on any atom is -0.618 e. The lowest BCUT2D eigenvalue weighted by Gasteiger charge is -2.17. The van der Waals surface area contributed by atoms with Crippen LogP contribution in [0.1, 0.15) is 62.9 Å². The number of pyridine rings is 1. The van der Waals surface area contributed by atoms with E-state index in [2.05, 4.69) is 6.92 Å². The Morgan fingerprint density at radius 1 is 1.32 bits per heavy atom. The second-order valence-electron chi connectivity index (χ2n) is 5.67. The van der Waals surface area contributed by atoms with Crippen LogP contribution in [0.15, 0.2) is 24.4 Å². The quantitative estimate of drug-likeness (QED) is 0.166. The minimum absolute atomic E-state index is 0.0422. The predicted molar refractivity (Wildman–Crippen MR) is 83.1 cm³/mol. The van der Waals surface area contributed by atoms with Crippen LogP contribution >= 0.6 is 0 Å². The van der Waals surface area contributed by atoms with Crippen LogP contribution in [-0.2, 0) is 0 Å². The Morgan fingerprint density at radius 3 is 2.64 bits per heavy atom. The molecule has 6 nitrogen and oxygen atoms in total. The van der Waals surface area contributed by atoms with Gasteiger partial charge in [-0.3, -0.25) is 14.9 Å². The molecule has 2 atom stereocenters. The van der Waals surface area contributed by atoms with Crippen LogP contribution in [-0.4, -0.2) is 16.7 Å². The van der Waals surface area contributed by atoms with E-state index >= 15 is 0 Å². The van der Waals surface area contributed by atoms with Crippen molar-refractivity contribution in [1.82, 2.24) is 0 Å². The lowest BCUT2D eigenvalue weighted by Crippen LogP contribution is -2.36. The van der Waals surface area contributed by atoms with Gasteiger partial charge in [-0.15, -0.1) is 0 Å². The lowest BCUT2D eigenvalue weighted by atomic mass is 9.89. The van der Waals surface area contributed by atoms with Gasteiger partial charge in [-0.2, -0.15) is 4.73 Å². The van der Waals surface area contributed by atoms with Gasteiger partial charge in [-0.1, -0.05) is 32.6 Å². The van der Waals surface area contributed by atoms with Gasteiger partial charge in [0.25, 0.3) is 5.69 Å². The van der Waals surface area contributed by atoms with E-state index < -0.39 is 6.04 Å². The minimum atomic E-state index is -0.783. The number of hydrogen-bond acceptors (Lipinski definition) is 4. The van der Waals surface area contributed by atoms with Crippen molar-refractivity contribution in [2.45, 2.75) is 58.4 Å². The van der Waals surface area contributed by atoms with Crippen LogP contribution in [0.5, 0.6) is 0 Å². The predicted octanol–water partition coefficient (Wildman–Crippen LogP) is 3.14. The second-order valence-corrected chi connectivity index (χ2v) is 5.67. The number of nitrogens with zero attached hydrogens (tertiary/aromatic N) is 2. The van der Waals surface area contributed by atoms with E-state index in [0.717, 1.165) is 25.7 Å². The molecule has 0 saturated carbocycles. The van der Waals surface area contributed by atoms with Gasteiger partial charge in [0.15, 0.2) is 6.20 Å². The molecule has 0 amide bonds. The molecule has 0 saturated heterocycles. The summed E-state index contributed by atoms with van der Waals surface area (Å²) in [6.45, 7) is 3.64. The highest BCUT2D eigenvalue weighted by atomic mass is 16.6. The third-order valence-corrected chi connectivity index (χ3v) is 4.00.